The number of benzene rings is 2. The summed E-state index contributed by atoms with van der Waals surface area (Å²) in [6, 6.07) is 17.4. The summed E-state index contributed by atoms with van der Waals surface area (Å²) in [6.45, 7) is 5.47. The van der Waals surface area contributed by atoms with Gasteiger partial charge in [0.05, 0.1) is 17.6 Å². The van der Waals surface area contributed by atoms with Crippen LogP contribution in [0.1, 0.15) is 34.2 Å². The molecule has 2 aromatic heterocycles. The Morgan fingerprint density at radius 3 is 2.50 bits per heavy atom. The fraction of sp³-hybridized carbons (Fsp3) is 0.174. The Labute approximate surface area is 162 Å². The molecule has 0 aliphatic heterocycles. The maximum Gasteiger partial charge on any atom is 0.262 e. The van der Waals surface area contributed by atoms with E-state index < -0.39 is 0 Å². The molecule has 0 spiro atoms. The van der Waals surface area contributed by atoms with E-state index in [1.165, 1.54) is 12.5 Å². The van der Waals surface area contributed by atoms with Gasteiger partial charge in [-0.3, -0.25) is 14.2 Å². The van der Waals surface area contributed by atoms with Crippen LogP contribution in [0, 0.1) is 13.8 Å². The number of nitrogens with zero attached hydrogens (tertiary/aromatic N) is 2. The smallest absolute Gasteiger partial charge is 0.262 e. The highest BCUT2D eigenvalue weighted by Crippen LogP contribution is 2.23. The molecular weight excluding hydrogens is 352 g/mol. The quantitative estimate of drug-likeness (QED) is 0.494. The van der Waals surface area contributed by atoms with Gasteiger partial charge in [-0.2, -0.15) is 0 Å². The average molecular weight is 372 g/mol. The SMILES string of the molecule is CC(=O)c1c(C)c2ccccc2n(Cc2cc(-c3ccc(C)cc3)no2)c1=O. The van der Waals surface area contributed by atoms with E-state index in [9.17, 15) is 9.59 Å². The van der Waals surface area contributed by atoms with Crippen molar-refractivity contribution in [3.05, 3.63) is 87.4 Å². The van der Waals surface area contributed by atoms with Gasteiger partial charge in [0.25, 0.3) is 5.56 Å². The van der Waals surface area contributed by atoms with Crippen molar-refractivity contribution < 1.29 is 9.32 Å². The van der Waals surface area contributed by atoms with Crippen LogP contribution in [0.15, 0.2) is 63.9 Å². The minimum Gasteiger partial charge on any atom is -0.359 e. The number of pyridine rings is 1. The summed E-state index contributed by atoms with van der Waals surface area (Å²) in [7, 11) is 0. The molecule has 0 N–H and O–H groups in total. The molecule has 0 fully saturated rings. The van der Waals surface area contributed by atoms with Crippen LogP contribution in [0.25, 0.3) is 22.2 Å². The summed E-state index contributed by atoms with van der Waals surface area (Å²) in [5, 5.41) is 5.02. The normalized spacial score (nSPS) is 11.1. The number of ketones is 1. The molecule has 0 saturated carbocycles. The summed E-state index contributed by atoms with van der Waals surface area (Å²) in [4.78, 5) is 25.1. The van der Waals surface area contributed by atoms with Crippen LogP contribution in [-0.4, -0.2) is 15.5 Å². The second-order valence-electron chi connectivity index (χ2n) is 7.01. The number of hydrogen-bond donors (Lipinski definition) is 0. The molecule has 5 nitrogen and oxygen atoms in total. The first kappa shape index (κ1) is 17.9. The fourth-order valence-electron chi connectivity index (χ4n) is 3.54. The van der Waals surface area contributed by atoms with Crippen molar-refractivity contribution in [2.75, 3.05) is 0 Å². The molecule has 5 heteroatoms. The molecule has 0 aliphatic rings. The van der Waals surface area contributed by atoms with Gasteiger partial charge in [-0.15, -0.1) is 0 Å². The first-order valence-electron chi connectivity index (χ1n) is 9.11. The molecule has 0 aliphatic carbocycles. The third-order valence-electron chi connectivity index (χ3n) is 5.01. The summed E-state index contributed by atoms with van der Waals surface area (Å²) in [5.41, 5.74) is 4.22. The van der Waals surface area contributed by atoms with Crippen LogP contribution in [0.4, 0.5) is 0 Å². The molecule has 2 heterocycles. The number of hydrogen-bond acceptors (Lipinski definition) is 4. The van der Waals surface area contributed by atoms with Crippen molar-refractivity contribution in [3.8, 4) is 11.3 Å². The highest BCUT2D eigenvalue weighted by molar-refractivity contribution is 6.00. The zero-order valence-corrected chi connectivity index (χ0v) is 16.0. The highest BCUT2D eigenvalue weighted by atomic mass is 16.5. The summed E-state index contributed by atoms with van der Waals surface area (Å²) >= 11 is 0. The Morgan fingerprint density at radius 1 is 1.07 bits per heavy atom. The number of aromatic nitrogens is 2. The predicted octanol–water partition coefficient (Wildman–Crippen LogP) is 4.52. The molecule has 4 aromatic rings. The topological polar surface area (TPSA) is 65.1 Å². The van der Waals surface area contributed by atoms with Gasteiger partial charge in [0.15, 0.2) is 11.5 Å². The van der Waals surface area contributed by atoms with Crippen molar-refractivity contribution >= 4 is 16.7 Å². The van der Waals surface area contributed by atoms with Crippen molar-refractivity contribution in [3.63, 3.8) is 0 Å². The van der Waals surface area contributed by atoms with E-state index in [-0.39, 0.29) is 23.5 Å². The number of carbonyl (C=O) groups excluding carboxylic acids is 1. The number of rotatable bonds is 4. The lowest BCUT2D eigenvalue weighted by Gasteiger charge is -2.13. The Hall–Kier alpha value is -3.47. The van der Waals surface area contributed by atoms with Crippen LogP contribution in [-0.2, 0) is 6.54 Å². The Kier molecular flexibility index (Phi) is 4.43. The monoisotopic (exact) mass is 372 g/mol. The van der Waals surface area contributed by atoms with Gasteiger partial charge in [0.2, 0.25) is 0 Å². The van der Waals surface area contributed by atoms with E-state index in [2.05, 4.69) is 5.16 Å². The van der Waals surface area contributed by atoms with Gasteiger partial charge in [0.1, 0.15) is 5.69 Å². The lowest BCUT2D eigenvalue weighted by molar-refractivity contribution is 0.101. The molecule has 140 valence electrons. The van der Waals surface area contributed by atoms with Crippen LogP contribution in [0.3, 0.4) is 0 Å². The molecule has 0 atom stereocenters. The maximum absolute atomic E-state index is 13.0. The maximum atomic E-state index is 13.0. The molecule has 4 rings (SSSR count). The van der Waals surface area contributed by atoms with E-state index >= 15 is 0 Å². The number of para-hydroxylation sites is 1. The van der Waals surface area contributed by atoms with Gasteiger partial charge in [0, 0.05) is 17.0 Å². The van der Waals surface area contributed by atoms with Gasteiger partial charge in [-0.25, -0.2) is 0 Å². The Morgan fingerprint density at radius 2 is 1.79 bits per heavy atom. The first-order valence-corrected chi connectivity index (χ1v) is 9.11. The van der Waals surface area contributed by atoms with E-state index in [0.717, 1.165) is 16.5 Å². The van der Waals surface area contributed by atoms with E-state index in [0.29, 0.717) is 17.0 Å². The van der Waals surface area contributed by atoms with Gasteiger partial charge < -0.3 is 4.52 Å². The van der Waals surface area contributed by atoms with Crippen molar-refractivity contribution in [1.29, 1.82) is 0 Å². The fourth-order valence-corrected chi connectivity index (χ4v) is 3.54. The molecule has 2 aromatic carbocycles. The number of Topliss-reactive ketones (excluding diaryl/α,β-unsaturated/α-hetero) is 1. The molecule has 0 saturated heterocycles. The summed E-state index contributed by atoms with van der Waals surface area (Å²) < 4.78 is 7.07. The highest BCUT2D eigenvalue weighted by Gasteiger charge is 2.18. The largest absolute Gasteiger partial charge is 0.359 e. The van der Waals surface area contributed by atoms with Crippen LogP contribution < -0.4 is 5.56 Å². The molecule has 0 radical (unpaired) electrons. The van der Waals surface area contributed by atoms with E-state index in [1.807, 2.05) is 68.4 Å². The number of fused-ring (bicyclic) bond motifs is 1. The van der Waals surface area contributed by atoms with Crippen LogP contribution in [0.2, 0.25) is 0 Å². The second kappa shape index (κ2) is 6.93. The number of aryl methyl sites for hydroxylation is 2. The van der Waals surface area contributed by atoms with Crippen molar-refractivity contribution in [2.24, 2.45) is 0 Å². The first-order chi connectivity index (χ1) is 13.5. The van der Waals surface area contributed by atoms with Crippen LogP contribution in [0.5, 0.6) is 0 Å². The van der Waals surface area contributed by atoms with E-state index in [4.69, 9.17) is 4.52 Å². The third-order valence-corrected chi connectivity index (χ3v) is 5.01. The third kappa shape index (κ3) is 3.05. The molecule has 0 bridgehead atoms. The Balaban J connectivity index is 1.81. The van der Waals surface area contributed by atoms with Gasteiger partial charge in [-0.05, 0) is 32.4 Å². The second-order valence-corrected chi connectivity index (χ2v) is 7.01. The molecule has 28 heavy (non-hydrogen) atoms. The molecule has 0 amide bonds. The lowest BCUT2D eigenvalue weighted by Crippen LogP contribution is -2.28. The van der Waals surface area contributed by atoms with Gasteiger partial charge in [-0.1, -0.05) is 53.2 Å². The zero-order chi connectivity index (χ0) is 19.8. The standard InChI is InChI=1S/C23H20N2O3/c1-14-8-10-17(11-9-14)20-12-18(28-24-20)13-25-21-7-5-4-6-19(21)15(2)22(16(3)26)23(25)27/h4-12H,13H2,1-3H3. The van der Waals surface area contributed by atoms with E-state index in [1.54, 1.807) is 4.57 Å². The lowest BCUT2D eigenvalue weighted by atomic mass is 10.0. The zero-order valence-electron chi connectivity index (χ0n) is 16.0. The molecular formula is C23H20N2O3. The van der Waals surface area contributed by atoms with Gasteiger partial charge >= 0.3 is 0 Å². The minimum atomic E-state index is -0.308. The summed E-state index contributed by atoms with van der Waals surface area (Å²) in [6.07, 6.45) is 0. The molecule has 0 unspecified atom stereocenters. The summed E-state index contributed by atoms with van der Waals surface area (Å²) in [5.74, 6) is 0.320. The average Bonchev–Trinajstić information content (AvgIpc) is 3.14. The van der Waals surface area contributed by atoms with Crippen LogP contribution >= 0.6 is 0 Å². The Bertz CT molecular complexity index is 1250. The van der Waals surface area contributed by atoms with Crippen molar-refractivity contribution in [1.82, 2.24) is 9.72 Å². The minimum absolute atomic E-state index is 0.207. The number of carbonyl (C=O) groups is 1. The predicted molar refractivity (Wildman–Crippen MR) is 109 cm³/mol. The van der Waals surface area contributed by atoms with Crippen molar-refractivity contribution in [2.45, 2.75) is 27.3 Å².